The van der Waals surface area contributed by atoms with E-state index in [4.69, 9.17) is 0 Å². The molecule has 2 aromatic carbocycles. The molecule has 3 N–H and O–H groups in total. The van der Waals surface area contributed by atoms with Crippen molar-refractivity contribution in [2.24, 2.45) is 0 Å². The third-order valence-electron chi connectivity index (χ3n) is 5.90. The zero-order chi connectivity index (χ0) is 24.3. The number of carbonyl (C=O) groups is 2. The van der Waals surface area contributed by atoms with Gasteiger partial charge in [0.05, 0.1) is 5.52 Å². The zero-order valence-electron chi connectivity index (χ0n) is 18.6. The van der Waals surface area contributed by atoms with Crippen LogP contribution in [0.4, 0.5) is 24.5 Å². The maximum absolute atomic E-state index is 13.3. The van der Waals surface area contributed by atoms with Crippen molar-refractivity contribution in [2.75, 3.05) is 10.6 Å². The fraction of sp³-hybridized carbons (Fsp3) is 0.320. The maximum Gasteiger partial charge on any atom is 0.433 e. The number of alkyl halides is 3. The SMILES string of the molecule is CC(=O)Nc1ccc(C(=O)N[C@H]2CC[C@@H](Nc3cc(C(F)(F)F)nc4ccccc34)CC2)cc1. The second kappa shape index (κ2) is 9.70. The van der Waals surface area contributed by atoms with E-state index in [1.807, 2.05) is 0 Å². The minimum atomic E-state index is -4.53. The molecule has 9 heteroatoms. The summed E-state index contributed by atoms with van der Waals surface area (Å²) in [6, 6.07) is 14.5. The van der Waals surface area contributed by atoms with Crippen molar-refractivity contribution in [3.63, 3.8) is 0 Å². The highest BCUT2D eigenvalue weighted by Gasteiger charge is 2.34. The number of hydrogen-bond acceptors (Lipinski definition) is 4. The minimum Gasteiger partial charge on any atom is -0.382 e. The van der Waals surface area contributed by atoms with Crippen molar-refractivity contribution in [2.45, 2.75) is 50.9 Å². The molecule has 1 fully saturated rings. The second-order valence-corrected chi connectivity index (χ2v) is 8.49. The third kappa shape index (κ3) is 5.65. The van der Waals surface area contributed by atoms with Crippen LogP contribution in [0.5, 0.6) is 0 Å². The Bertz CT molecular complexity index is 1190. The lowest BCUT2D eigenvalue weighted by molar-refractivity contribution is -0.140. The van der Waals surface area contributed by atoms with E-state index in [0.717, 1.165) is 6.07 Å². The quantitative estimate of drug-likeness (QED) is 0.469. The molecule has 1 aliphatic carbocycles. The molecule has 0 bridgehead atoms. The van der Waals surface area contributed by atoms with E-state index in [-0.39, 0.29) is 23.9 Å². The Morgan fingerprint density at radius 1 is 0.941 bits per heavy atom. The Morgan fingerprint density at radius 3 is 2.24 bits per heavy atom. The molecule has 1 heterocycles. The van der Waals surface area contributed by atoms with Crippen LogP contribution in [-0.4, -0.2) is 28.9 Å². The number of anilines is 2. The van der Waals surface area contributed by atoms with Gasteiger partial charge in [-0.1, -0.05) is 18.2 Å². The number of nitrogens with one attached hydrogen (secondary N) is 3. The van der Waals surface area contributed by atoms with Crippen LogP contribution in [0.2, 0.25) is 0 Å². The summed E-state index contributed by atoms with van der Waals surface area (Å²) in [5, 5.41) is 9.60. The lowest BCUT2D eigenvalue weighted by atomic mass is 9.90. The van der Waals surface area contributed by atoms with Gasteiger partial charge in [-0.2, -0.15) is 13.2 Å². The summed E-state index contributed by atoms with van der Waals surface area (Å²) in [7, 11) is 0. The highest BCUT2D eigenvalue weighted by Crippen LogP contribution is 2.34. The first kappa shape index (κ1) is 23.5. The number of pyridine rings is 1. The van der Waals surface area contributed by atoms with E-state index in [1.54, 1.807) is 48.5 Å². The van der Waals surface area contributed by atoms with Gasteiger partial charge in [-0.25, -0.2) is 4.98 Å². The number of amides is 2. The standard InChI is InChI=1S/C25H25F3N4O2/c1-15(33)29-17-8-6-16(7-9-17)24(34)31-19-12-10-18(11-13-19)30-22-14-23(25(26,27)28)32-21-5-3-2-4-20(21)22/h2-9,14,18-19H,10-13H2,1H3,(H,29,33)(H,30,32)(H,31,34)/t18-,19+. The second-order valence-electron chi connectivity index (χ2n) is 8.49. The van der Waals surface area contributed by atoms with Crippen molar-refractivity contribution in [1.29, 1.82) is 0 Å². The molecule has 6 nitrogen and oxygen atoms in total. The van der Waals surface area contributed by atoms with Crippen molar-refractivity contribution in [1.82, 2.24) is 10.3 Å². The molecule has 0 radical (unpaired) electrons. The molecule has 1 saturated carbocycles. The fourth-order valence-corrected chi connectivity index (χ4v) is 4.22. The number of carbonyl (C=O) groups excluding carboxylic acids is 2. The Kier molecular flexibility index (Phi) is 6.72. The van der Waals surface area contributed by atoms with Gasteiger partial charge in [-0.3, -0.25) is 9.59 Å². The molecule has 0 saturated heterocycles. The lowest BCUT2D eigenvalue weighted by Crippen LogP contribution is -2.40. The van der Waals surface area contributed by atoms with Gasteiger partial charge in [-0.05, 0) is 62.1 Å². The number of para-hydroxylation sites is 1. The molecule has 1 aliphatic rings. The van der Waals surface area contributed by atoms with Gasteiger partial charge in [-0.15, -0.1) is 0 Å². The molecule has 34 heavy (non-hydrogen) atoms. The normalized spacial score (nSPS) is 18.4. The van der Waals surface area contributed by atoms with Crippen LogP contribution >= 0.6 is 0 Å². The molecule has 4 rings (SSSR count). The molecule has 2 amide bonds. The van der Waals surface area contributed by atoms with E-state index in [9.17, 15) is 22.8 Å². The molecule has 0 aliphatic heterocycles. The van der Waals surface area contributed by atoms with Gasteiger partial charge in [0.15, 0.2) is 0 Å². The van der Waals surface area contributed by atoms with Crippen LogP contribution in [0.1, 0.15) is 48.7 Å². The number of halogens is 3. The Morgan fingerprint density at radius 2 is 1.59 bits per heavy atom. The van der Waals surface area contributed by atoms with E-state index in [0.29, 0.717) is 53.5 Å². The molecule has 3 aromatic rings. The van der Waals surface area contributed by atoms with Gasteiger partial charge < -0.3 is 16.0 Å². The predicted molar refractivity (Wildman–Crippen MR) is 125 cm³/mol. The van der Waals surface area contributed by atoms with Crippen molar-refractivity contribution in [3.8, 4) is 0 Å². The van der Waals surface area contributed by atoms with Gasteiger partial charge in [0, 0.05) is 41.3 Å². The summed E-state index contributed by atoms with van der Waals surface area (Å²) >= 11 is 0. The molecule has 178 valence electrons. The number of rotatable bonds is 5. The molecule has 0 spiro atoms. The molecule has 1 aromatic heterocycles. The summed E-state index contributed by atoms with van der Waals surface area (Å²) in [4.78, 5) is 27.4. The number of nitrogens with zero attached hydrogens (tertiary/aromatic N) is 1. The number of aromatic nitrogens is 1. The van der Waals surface area contributed by atoms with Gasteiger partial charge in [0.1, 0.15) is 5.69 Å². The Balaban J connectivity index is 1.37. The van der Waals surface area contributed by atoms with Crippen LogP contribution in [0.15, 0.2) is 54.6 Å². The van der Waals surface area contributed by atoms with E-state index >= 15 is 0 Å². The molecule has 0 atom stereocenters. The summed E-state index contributed by atoms with van der Waals surface area (Å²) in [5.41, 5.74) is 0.916. The Labute approximate surface area is 195 Å². The number of fused-ring (bicyclic) bond motifs is 1. The van der Waals surface area contributed by atoms with Crippen LogP contribution in [0.3, 0.4) is 0 Å². The molecular weight excluding hydrogens is 445 g/mol. The van der Waals surface area contributed by atoms with Gasteiger partial charge >= 0.3 is 6.18 Å². The van der Waals surface area contributed by atoms with Crippen molar-refractivity contribution in [3.05, 3.63) is 65.9 Å². The fourth-order valence-electron chi connectivity index (χ4n) is 4.22. The monoisotopic (exact) mass is 470 g/mol. The van der Waals surface area contributed by atoms with Crippen LogP contribution in [-0.2, 0) is 11.0 Å². The summed E-state index contributed by atoms with van der Waals surface area (Å²) in [6.07, 6.45) is -1.68. The van der Waals surface area contributed by atoms with Crippen LogP contribution in [0.25, 0.3) is 10.9 Å². The predicted octanol–water partition coefficient (Wildman–Crippen LogP) is 5.37. The van der Waals surface area contributed by atoms with Crippen LogP contribution in [0, 0.1) is 0 Å². The number of benzene rings is 2. The topological polar surface area (TPSA) is 83.1 Å². The largest absolute Gasteiger partial charge is 0.433 e. The lowest BCUT2D eigenvalue weighted by Gasteiger charge is -2.30. The Hall–Kier alpha value is -3.62. The highest BCUT2D eigenvalue weighted by atomic mass is 19.4. The van der Waals surface area contributed by atoms with Crippen LogP contribution < -0.4 is 16.0 Å². The maximum atomic E-state index is 13.3. The smallest absolute Gasteiger partial charge is 0.382 e. The first-order valence-corrected chi connectivity index (χ1v) is 11.1. The van der Waals surface area contributed by atoms with E-state index in [1.165, 1.54) is 6.92 Å². The van der Waals surface area contributed by atoms with Gasteiger partial charge in [0.25, 0.3) is 5.91 Å². The van der Waals surface area contributed by atoms with Crippen molar-refractivity contribution >= 4 is 34.1 Å². The summed E-state index contributed by atoms with van der Waals surface area (Å²) < 4.78 is 39.9. The van der Waals surface area contributed by atoms with E-state index < -0.39 is 11.9 Å². The number of hydrogen-bond donors (Lipinski definition) is 3. The molecular formula is C25H25F3N4O2. The highest BCUT2D eigenvalue weighted by molar-refractivity contribution is 5.95. The average Bonchev–Trinajstić information content (AvgIpc) is 2.80. The average molecular weight is 470 g/mol. The minimum absolute atomic E-state index is 0.00280. The van der Waals surface area contributed by atoms with Gasteiger partial charge in [0.2, 0.25) is 5.91 Å². The van der Waals surface area contributed by atoms with Crippen molar-refractivity contribution < 1.29 is 22.8 Å². The van der Waals surface area contributed by atoms with E-state index in [2.05, 4.69) is 20.9 Å². The first-order chi connectivity index (χ1) is 16.2. The summed E-state index contributed by atoms with van der Waals surface area (Å²) in [5.74, 6) is -0.377. The molecule has 0 unspecified atom stereocenters. The summed E-state index contributed by atoms with van der Waals surface area (Å²) in [6.45, 7) is 1.41. The third-order valence-corrected chi connectivity index (χ3v) is 5.90. The first-order valence-electron chi connectivity index (χ1n) is 11.1. The zero-order valence-corrected chi connectivity index (χ0v) is 18.6.